The lowest BCUT2D eigenvalue weighted by Gasteiger charge is -2.06. The number of amides is 1. The van der Waals surface area contributed by atoms with Gasteiger partial charge >= 0.3 is 0 Å². The topological polar surface area (TPSA) is 70.9 Å². The predicted molar refractivity (Wildman–Crippen MR) is 98.4 cm³/mol. The van der Waals surface area contributed by atoms with Crippen LogP contribution in [-0.2, 0) is 0 Å². The summed E-state index contributed by atoms with van der Waals surface area (Å²) in [5.74, 6) is 0.220. The number of rotatable bonds is 4. The molecule has 0 fully saturated rings. The molecule has 2 N–H and O–H groups in total. The Labute approximate surface area is 145 Å². The van der Waals surface area contributed by atoms with Gasteiger partial charge in [0.2, 0.25) is 0 Å². The number of aryl methyl sites for hydroxylation is 1. The molecule has 0 radical (unpaired) electrons. The second-order valence-corrected chi connectivity index (χ2v) is 5.64. The highest BCUT2D eigenvalue weighted by Crippen LogP contribution is 2.24. The summed E-state index contributed by atoms with van der Waals surface area (Å²) in [6.45, 7) is 1.93. The van der Waals surface area contributed by atoms with Crippen LogP contribution in [0.2, 0.25) is 0 Å². The van der Waals surface area contributed by atoms with E-state index >= 15 is 0 Å². The third-order valence-electron chi connectivity index (χ3n) is 3.96. The Morgan fingerprint density at radius 2 is 1.84 bits per heavy atom. The summed E-state index contributed by atoms with van der Waals surface area (Å²) < 4.78 is 5.16. The molecule has 0 saturated heterocycles. The van der Waals surface area contributed by atoms with Gasteiger partial charge in [-0.25, -0.2) is 5.43 Å². The van der Waals surface area contributed by atoms with Crippen LogP contribution in [0.25, 0.3) is 10.8 Å². The highest BCUT2D eigenvalue weighted by molar-refractivity contribution is 6.01. The molecule has 0 aliphatic carbocycles. The number of ether oxygens (including phenoxy) is 1. The van der Waals surface area contributed by atoms with Gasteiger partial charge in [0.15, 0.2) is 0 Å². The molecule has 3 aromatic rings. The van der Waals surface area contributed by atoms with E-state index in [-0.39, 0.29) is 11.3 Å². The smallest absolute Gasteiger partial charge is 0.275 e. The van der Waals surface area contributed by atoms with Crippen molar-refractivity contribution < 1.29 is 14.6 Å². The highest BCUT2D eigenvalue weighted by atomic mass is 16.5. The molecule has 0 bridgehead atoms. The summed E-state index contributed by atoms with van der Waals surface area (Å²) in [4.78, 5) is 12.3. The minimum atomic E-state index is -0.467. The zero-order valence-electron chi connectivity index (χ0n) is 14.0. The van der Waals surface area contributed by atoms with Gasteiger partial charge in [-0.15, -0.1) is 0 Å². The van der Waals surface area contributed by atoms with Crippen LogP contribution in [0.4, 0.5) is 0 Å². The fourth-order valence-corrected chi connectivity index (χ4v) is 2.55. The SMILES string of the molecule is COc1ccc(C=NNC(=O)c2cc3ccccc3cc2O)c(C)c1. The fraction of sp³-hybridized carbons (Fsp3) is 0.100. The number of aromatic hydroxyl groups is 1. The van der Waals surface area contributed by atoms with Crippen LogP contribution >= 0.6 is 0 Å². The standard InChI is InChI=1S/C20H18N2O3/c1-13-9-17(25-2)8-7-16(13)12-21-22-20(24)18-10-14-5-3-4-6-15(14)11-19(18)23/h3-12,23H,1-2H3,(H,22,24). The average Bonchev–Trinajstić information content (AvgIpc) is 2.62. The number of carbonyl (C=O) groups excluding carboxylic acids is 1. The quantitative estimate of drug-likeness (QED) is 0.565. The highest BCUT2D eigenvalue weighted by Gasteiger charge is 2.11. The van der Waals surface area contributed by atoms with Crippen LogP contribution in [0, 0.1) is 6.92 Å². The fourth-order valence-electron chi connectivity index (χ4n) is 2.55. The molecule has 0 atom stereocenters. The first-order chi connectivity index (χ1) is 12.1. The Morgan fingerprint density at radius 3 is 2.52 bits per heavy atom. The second-order valence-electron chi connectivity index (χ2n) is 5.64. The van der Waals surface area contributed by atoms with Crippen molar-refractivity contribution in [3.63, 3.8) is 0 Å². The molecule has 0 aliphatic rings. The largest absolute Gasteiger partial charge is 0.507 e. The number of fused-ring (bicyclic) bond motifs is 1. The van der Waals surface area contributed by atoms with Gasteiger partial charge in [-0.1, -0.05) is 24.3 Å². The van der Waals surface area contributed by atoms with Crippen LogP contribution in [0.3, 0.4) is 0 Å². The van der Waals surface area contributed by atoms with E-state index in [2.05, 4.69) is 10.5 Å². The lowest BCUT2D eigenvalue weighted by molar-refractivity contribution is 0.0952. The van der Waals surface area contributed by atoms with Crippen LogP contribution < -0.4 is 10.2 Å². The van der Waals surface area contributed by atoms with E-state index < -0.39 is 5.91 Å². The minimum Gasteiger partial charge on any atom is -0.507 e. The van der Waals surface area contributed by atoms with E-state index in [1.807, 2.05) is 49.4 Å². The maximum absolute atomic E-state index is 12.3. The number of methoxy groups -OCH3 is 1. The molecule has 3 aromatic carbocycles. The van der Waals surface area contributed by atoms with Crippen molar-refractivity contribution in [2.45, 2.75) is 6.92 Å². The number of nitrogens with zero attached hydrogens (tertiary/aromatic N) is 1. The summed E-state index contributed by atoms with van der Waals surface area (Å²) in [6.07, 6.45) is 1.56. The average molecular weight is 334 g/mol. The van der Waals surface area contributed by atoms with Gasteiger partial charge in [-0.3, -0.25) is 4.79 Å². The lowest BCUT2D eigenvalue weighted by Crippen LogP contribution is -2.17. The third-order valence-corrected chi connectivity index (χ3v) is 3.96. The molecule has 1 amide bonds. The van der Waals surface area contributed by atoms with Crippen molar-refractivity contribution in [3.05, 3.63) is 71.3 Å². The maximum Gasteiger partial charge on any atom is 0.275 e. The third kappa shape index (κ3) is 3.61. The van der Waals surface area contributed by atoms with Gasteiger partial charge < -0.3 is 9.84 Å². The normalized spacial score (nSPS) is 11.0. The van der Waals surface area contributed by atoms with Crippen molar-refractivity contribution in [1.82, 2.24) is 5.43 Å². The van der Waals surface area contributed by atoms with E-state index in [1.165, 1.54) is 0 Å². The predicted octanol–water partition coefficient (Wildman–Crippen LogP) is 3.63. The first kappa shape index (κ1) is 16.5. The summed E-state index contributed by atoms with van der Waals surface area (Å²) in [6, 6.07) is 16.3. The first-order valence-electron chi connectivity index (χ1n) is 7.78. The van der Waals surface area contributed by atoms with Crippen LogP contribution in [0.5, 0.6) is 11.5 Å². The molecular formula is C20H18N2O3. The molecule has 3 rings (SSSR count). The Balaban J connectivity index is 1.77. The zero-order valence-corrected chi connectivity index (χ0v) is 14.0. The Bertz CT molecular complexity index is 964. The zero-order chi connectivity index (χ0) is 17.8. The molecule has 0 spiro atoms. The maximum atomic E-state index is 12.3. The number of hydrogen-bond acceptors (Lipinski definition) is 4. The van der Waals surface area contributed by atoms with Gasteiger partial charge in [-0.05, 0) is 59.2 Å². The number of hydrogen-bond donors (Lipinski definition) is 2. The van der Waals surface area contributed by atoms with E-state index in [9.17, 15) is 9.90 Å². The summed E-state index contributed by atoms with van der Waals surface area (Å²) in [5, 5.41) is 15.8. The molecule has 126 valence electrons. The van der Waals surface area contributed by atoms with E-state index in [0.717, 1.165) is 27.6 Å². The molecule has 0 unspecified atom stereocenters. The van der Waals surface area contributed by atoms with Crippen molar-refractivity contribution in [1.29, 1.82) is 0 Å². The van der Waals surface area contributed by atoms with Crippen LogP contribution in [0.15, 0.2) is 59.7 Å². The molecule has 5 nitrogen and oxygen atoms in total. The molecule has 5 heteroatoms. The Morgan fingerprint density at radius 1 is 1.12 bits per heavy atom. The Hall–Kier alpha value is -3.34. The van der Waals surface area contributed by atoms with Crippen molar-refractivity contribution in [2.75, 3.05) is 7.11 Å². The van der Waals surface area contributed by atoms with Crippen molar-refractivity contribution in [2.24, 2.45) is 5.10 Å². The van der Waals surface area contributed by atoms with Crippen molar-refractivity contribution in [3.8, 4) is 11.5 Å². The van der Waals surface area contributed by atoms with Crippen LogP contribution in [0.1, 0.15) is 21.5 Å². The van der Waals surface area contributed by atoms with Gasteiger partial charge in [0, 0.05) is 0 Å². The summed E-state index contributed by atoms with van der Waals surface area (Å²) >= 11 is 0. The number of phenols is 1. The molecule has 0 aromatic heterocycles. The van der Waals surface area contributed by atoms with Gasteiger partial charge in [0.1, 0.15) is 11.5 Å². The minimum absolute atomic E-state index is 0.0768. The lowest BCUT2D eigenvalue weighted by atomic mass is 10.1. The van der Waals surface area contributed by atoms with Crippen molar-refractivity contribution >= 4 is 22.9 Å². The molecule has 0 saturated carbocycles. The molecule has 0 heterocycles. The number of carbonyl (C=O) groups is 1. The van der Waals surface area contributed by atoms with Gasteiger partial charge in [0.05, 0.1) is 18.9 Å². The van der Waals surface area contributed by atoms with E-state index in [1.54, 1.807) is 25.5 Å². The van der Waals surface area contributed by atoms with E-state index in [0.29, 0.717) is 0 Å². The number of nitrogens with one attached hydrogen (secondary N) is 1. The van der Waals surface area contributed by atoms with E-state index in [4.69, 9.17) is 4.74 Å². The monoisotopic (exact) mass is 334 g/mol. The number of phenolic OH excluding ortho intramolecular Hbond substituents is 1. The molecular weight excluding hydrogens is 316 g/mol. The molecule has 0 aliphatic heterocycles. The van der Waals surface area contributed by atoms with Crippen LogP contribution in [-0.4, -0.2) is 24.3 Å². The first-order valence-corrected chi connectivity index (χ1v) is 7.78. The van der Waals surface area contributed by atoms with Gasteiger partial charge in [-0.2, -0.15) is 5.10 Å². The summed E-state index contributed by atoms with van der Waals surface area (Å²) in [5.41, 5.74) is 4.47. The number of benzene rings is 3. The van der Waals surface area contributed by atoms with Gasteiger partial charge in [0.25, 0.3) is 5.91 Å². The summed E-state index contributed by atoms with van der Waals surface area (Å²) in [7, 11) is 1.61. The second kappa shape index (κ2) is 7.05. The number of hydrazone groups is 1. The molecule has 25 heavy (non-hydrogen) atoms. The Kier molecular flexibility index (Phi) is 4.66.